The van der Waals surface area contributed by atoms with Gasteiger partial charge in [-0.2, -0.15) is 0 Å². The van der Waals surface area contributed by atoms with E-state index in [1.54, 1.807) is 0 Å². The number of amides is 1. The third kappa shape index (κ3) is 9.24. The van der Waals surface area contributed by atoms with Gasteiger partial charge in [-0.1, -0.05) is 121 Å². The first kappa shape index (κ1) is 34.1. The van der Waals surface area contributed by atoms with Crippen LogP contribution in [0.4, 0.5) is 0 Å². The molecule has 9 nitrogen and oxygen atoms in total. The molecule has 4 aromatic carbocycles. The number of hydrogen-bond donors (Lipinski definition) is 3. The van der Waals surface area contributed by atoms with Crippen LogP contribution >= 0.6 is 11.8 Å². The molecule has 0 bridgehead atoms. The minimum atomic E-state index is -0.909. The maximum atomic E-state index is 12.1. The lowest BCUT2D eigenvalue weighted by Crippen LogP contribution is -2.31. The van der Waals surface area contributed by atoms with Crippen LogP contribution in [0, 0.1) is 0 Å². The van der Waals surface area contributed by atoms with Gasteiger partial charge in [-0.15, -0.1) is 0 Å². The summed E-state index contributed by atoms with van der Waals surface area (Å²) in [5, 5.41) is 21.7. The van der Waals surface area contributed by atoms with Crippen LogP contribution in [0.2, 0.25) is 0 Å². The van der Waals surface area contributed by atoms with Gasteiger partial charge < -0.3 is 29.4 Å². The fourth-order valence-electron chi connectivity index (χ4n) is 5.61. The average molecular weight is 679 g/mol. The maximum absolute atomic E-state index is 12.1. The molecule has 1 aliphatic rings. The standard InChI is InChI=1S/C39H38N2O7S/c42-24-27-16-18-28(19-17-27)33-22-32(46-38(47-33)31-20-14-26(15-21-31)23-40-34(43)12-7-13-35(44)45)25-49-39-41-36(29-8-3-1-4-9-29)37(48-39)30-10-5-2-6-11-30/h1-6,8-11,14-21,32-33,38,42H,7,12-13,22-25H2,(H,40,43)(H,44,45)/t32-,33+,38+/m0/s1. The number of ether oxygens (including phenoxy) is 2. The Bertz CT molecular complexity index is 1760. The number of rotatable bonds is 14. The van der Waals surface area contributed by atoms with E-state index in [9.17, 15) is 14.7 Å². The zero-order valence-corrected chi connectivity index (χ0v) is 27.7. The van der Waals surface area contributed by atoms with Crippen molar-refractivity contribution < 1.29 is 33.7 Å². The molecule has 1 saturated heterocycles. The van der Waals surface area contributed by atoms with E-state index in [0.29, 0.717) is 30.4 Å². The number of nitrogens with one attached hydrogen (secondary N) is 1. The van der Waals surface area contributed by atoms with E-state index in [-0.39, 0.29) is 37.6 Å². The number of carboxylic acids is 1. The first-order chi connectivity index (χ1) is 23.9. The molecule has 3 atom stereocenters. The molecule has 0 radical (unpaired) electrons. The van der Waals surface area contributed by atoms with Crippen molar-refractivity contribution in [3.05, 3.63) is 131 Å². The zero-order valence-electron chi connectivity index (χ0n) is 26.9. The quantitative estimate of drug-likeness (QED) is 0.101. The summed E-state index contributed by atoms with van der Waals surface area (Å²) >= 11 is 1.51. The molecule has 0 spiro atoms. The molecule has 2 heterocycles. The van der Waals surface area contributed by atoms with Gasteiger partial charge in [0.05, 0.1) is 18.8 Å². The molecule has 1 fully saturated rings. The molecule has 0 unspecified atom stereocenters. The number of aromatic nitrogens is 1. The third-order valence-electron chi connectivity index (χ3n) is 8.23. The summed E-state index contributed by atoms with van der Waals surface area (Å²) in [5.41, 5.74) is 6.30. The second kappa shape index (κ2) is 16.6. The van der Waals surface area contributed by atoms with Crippen molar-refractivity contribution in [2.24, 2.45) is 0 Å². The number of oxazole rings is 1. The molecule has 252 valence electrons. The number of thioether (sulfide) groups is 1. The second-order valence-electron chi connectivity index (χ2n) is 11.8. The van der Waals surface area contributed by atoms with Gasteiger partial charge in [-0.05, 0) is 23.1 Å². The summed E-state index contributed by atoms with van der Waals surface area (Å²) in [6.07, 6.45) is -0.00978. The Kier molecular flexibility index (Phi) is 11.6. The summed E-state index contributed by atoms with van der Waals surface area (Å²) in [6, 6.07) is 35.5. The molecule has 10 heteroatoms. The van der Waals surface area contributed by atoms with Crippen LogP contribution in [0.1, 0.15) is 60.3 Å². The highest BCUT2D eigenvalue weighted by Crippen LogP contribution is 2.41. The van der Waals surface area contributed by atoms with Gasteiger partial charge in [0, 0.05) is 48.3 Å². The van der Waals surface area contributed by atoms with Gasteiger partial charge in [0.25, 0.3) is 5.22 Å². The monoisotopic (exact) mass is 678 g/mol. The van der Waals surface area contributed by atoms with Crippen molar-refractivity contribution in [3.63, 3.8) is 0 Å². The molecule has 1 aromatic heterocycles. The van der Waals surface area contributed by atoms with E-state index in [4.69, 9.17) is 24.0 Å². The fraction of sp³-hybridized carbons (Fsp3) is 0.256. The maximum Gasteiger partial charge on any atom is 0.303 e. The molecular formula is C39H38N2O7S. The molecule has 1 aliphatic heterocycles. The molecule has 1 amide bonds. The number of carbonyl (C=O) groups is 2. The van der Waals surface area contributed by atoms with Crippen LogP contribution in [-0.2, 0) is 32.2 Å². The van der Waals surface area contributed by atoms with Crippen LogP contribution in [0.5, 0.6) is 0 Å². The highest BCUT2D eigenvalue weighted by atomic mass is 32.2. The number of hydrogen-bond acceptors (Lipinski definition) is 8. The van der Waals surface area contributed by atoms with E-state index in [1.165, 1.54) is 11.8 Å². The zero-order chi connectivity index (χ0) is 34.0. The smallest absolute Gasteiger partial charge is 0.303 e. The van der Waals surface area contributed by atoms with Crippen LogP contribution in [-0.4, -0.2) is 38.9 Å². The summed E-state index contributed by atoms with van der Waals surface area (Å²) in [4.78, 5) is 27.7. The predicted molar refractivity (Wildman–Crippen MR) is 186 cm³/mol. The third-order valence-corrected chi connectivity index (χ3v) is 9.19. The number of benzene rings is 4. The molecule has 0 aliphatic carbocycles. The van der Waals surface area contributed by atoms with Gasteiger partial charge >= 0.3 is 5.97 Å². The Morgan fingerprint density at radius 2 is 1.45 bits per heavy atom. The van der Waals surface area contributed by atoms with E-state index < -0.39 is 12.3 Å². The second-order valence-corrected chi connectivity index (χ2v) is 12.8. The van der Waals surface area contributed by atoms with Crippen molar-refractivity contribution in [1.29, 1.82) is 0 Å². The minimum absolute atomic E-state index is 0.0297. The highest BCUT2D eigenvalue weighted by Gasteiger charge is 2.33. The number of carboxylic acid groups (broad SMARTS) is 1. The number of nitrogens with zero attached hydrogens (tertiary/aromatic N) is 1. The van der Waals surface area contributed by atoms with Crippen molar-refractivity contribution in [2.45, 2.75) is 62.6 Å². The number of carbonyl (C=O) groups excluding carboxylic acids is 1. The van der Waals surface area contributed by atoms with Gasteiger partial charge in [-0.3, -0.25) is 9.59 Å². The Morgan fingerprint density at radius 3 is 2.12 bits per heavy atom. The number of aliphatic hydroxyl groups excluding tert-OH is 1. The van der Waals surface area contributed by atoms with Gasteiger partial charge in [-0.25, -0.2) is 4.98 Å². The van der Waals surface area contributed by atoms with Crippen molar-refractivity contribution in [1.82, 2.24) is 10.3 Å². The Hall–Kier alpha value is -4.74. The fourth-order valence-corrected chi connectivity index (χ4v) is 6.45. The first-order valence-electron chi connectivity index (χ1n) is 16.3. The van der Waals surface area contributed by atoms with Crippen LogP contribution in [0.25, 0.3) is 22.6 Å². The van der Waals surface area contributed by atoms with E-state index >= 15 is 0 Å². The Morgan fingerprint density at radius 1 is 0.796 bits per heavy atom. The molecule has 49 heavy (non-hydrogen) atoms. The van der Waals surface area contributed by atoms with E-state index in [1.807, 2.05) is 109 Å². The Balaban J connectivity index is 1.17. The Labute approximate surface area is 289 Å². The lowest BCUT2D eigenvalue weighted by molar-refractivity contribution is -0.245. The normalized spacial score (nSPS) is 17.4. The molecule has 6 rings (SSSR count). The summed E-state index contributed by atoms with van der Waals surface area (Å²) in [5.74, 6) is 0.212. The summed E-state index contributed by atoms with van der Waals surface area (Å²) in [6.45, 7) is 0.307. The van der Waals surface area contributed by atoms with Crippen LogP contribution in [0.3, 0.4) is 0 Å². The van der Waals surface area contributed by atoms with Crippen molar-refractivity contribution in [3.8, 4) is 22.6 Å². The van der Waals surface area contributed by atoms with E-state index in [2.05, 4.69) is 5.32 Å². The molecule has 3 N–H and O–H groups in total. The highest BCUT2D eigenvalue weighted by molar-refractivity contribution is 7.99. The predicted octanol–water partition coefficient (Wildman–Crippen LogP) is 7.71. The van der Waals surface area contributed by atoms with Gasteiger partial charge in [0.1, 0.15) is 5.69 Å². The lowest BCUT2D eigenvalue weighted by atomic mass is 10.0. The first-order valence-corrected chi connectivity index (χ1v) is 17.3. The average Bonchev–Trinajstić information content (AvgIpc) is 3.58. The summed E-state index contributed by atoms with van der Waals surface area (Å²) in [7, 11) is 0. The lowest BCUT2D eigenvalue weighted by Gasteiger charge is -2.36. The van der Waals surface area contributed by atoms with Crippen molar-refractivity contribution in [2.75, 3.05) is 5.75 Å². The molecule has 5 aromatic rings. The largest absolute Gasteiger partial charge is 0.481 e. The van der Waals surface area contributed by atoms with Gasteiger partial charge in [0.15, 0.2) is 12.1 Å². The van der Waals surface area contributed by atoms with Crippen LogP contribution in [0.15, 0.2) is 119 Å². The number of aliphatic carboxylic acids is 1. The van der Waals surface area contributed by atoms with E-state index in [0.717, 1.165) is 44.8 Å². The molecular weight excluding hydrogens is 641 g/mol. The van der Waals surface area contributed by atoms with Crippen molar-refractivity contribution >= 4 is 23.6 Å². The number of aliphatic hydroxyl groups is 1. The van der Waals surface area contributed by atoms with Gasteiger partial charge in [0.2, 0.25) is 5.91 Å². The minimum Gasteiger partial charge on any atom is -0.481 e. The SMILES string of the molecule is O=C(O)CCCC(=O)NCc1ccc([C@@H]2O[C@H](CSc3nc(-c4ccccc4)c(-c4ccccc4)o3)C[C@H](c3ccc(CO)cc3)O2)cc1. The summed E-state index contributed by atoms with van der Waals surface area (Å²) < 4.78 is 19.4. The van der Waals surface area contributed by atoms with Crippen LogP contribution < -0.4 is 5.32 Å². The topological polar surface area (TPSA) is 131 Å². The molecule has 0 saturated carbocycles.